The summed E-state index contributed by atoms with van der Waals surface area (Å²) in [5, 5.41) is 0. The summed E-state index contributed by atoms with van der Waals surface area (Å²) < 4.78 is 34.3. The standard InChI is InChI=1S/C11H11F2IO3/c1-6-3-7(11(15)16-2)4-8(14)10(6)17-5-9(12)13/h3-4,9H,5H2,1-2H3. The second-order valence-electron chi connectivity index (χ2n) is 3.30. The number of rotatable bonds is 4. The first-order chi connectivity index (χ1) is 7.95. The number of methoxy groups -OCH3 is 1. The van der Waals surface area contributed by atoms with Crippen LogP contribution >= 0.6 is 22.6 Å². The minimum Gasteiger partial charge on any atom is -0.486 e. The maximum Gasteiger partial charge on any atom is 0.337 e. The molecule has 94 valence electrons. The van der Waals surface area contributed by atoms with Gasteiger partial charge in [-0.3, -0.25) is 0 Å². The van der Waals surface area contributed by atoms with E-state index in [1.807, 2.05) is 22.6 Å². The molecule has 0 amide bonds. The zero-order valence-corrected chi connectivity index (χ0v) is 11.5. The van der Waals surface area contributed by atoms with Crippen LogP contribution in [0.2, 0.25) is 0 Å². The second-order valence-corrected chi connectivity index (χ2v) is 4.46. The normalized spacial score (nSPS) is 10.5. The molecule has 0 spiro atoms. The maximum atomic E-state index is 12.0. The zero-order chi connectivity index (χ0) is 13.0. The van der Waals surface area contributed by atoms with Gasteiger partial charge >= 0.3 is 5.97 Å². The molecule has 0 unspecified atom stereocenters. The Hall–Kier alpha value is -0.920. The number of benzene rings is 1. The van der Waals surface area contributed by atoms with E-state index in [2.05, 4.69) is 4.74 Å². The Morgan fingerprint density at radius 2 is 2.12 bits per heavy atom. The van der Waals surface area contributed by atoms with Crippen molar-refractivity contribution < 1.29 is 23.0 Å². The van der Waals surface area contributed by atoms with E-state index in [1.165, 1.54) is 7.11 Å². The van der Waals surface area contributed by atoms with E-state index in [1.54, 1.807) is 19.1 Å². The van der Waals surface area contributed by atoms with E-state index in [-0.39, 0.29) is 0 Å². The number of alkyl halides is 2. The molecule has 0 saturated heterocycles. The van der Waals surface area contributed by atoms with Crippen molar-refractivity contribution in [3.8, 4) is 5.75 Å². The van der Waals surface area contributed by atoms with Crippen LogP contribution in [0, 0.1) is 10.5 Å². The highest BCUT2D eigenvalue weighted by Gasteiger charge is 2.14. The summed E-state index contributed by atoms with van der Waals surface area (Å²) in [5.41, 5.74) is 0.997. The van der Waals surface area contributed by atoms with Crippen molar-refractivity contribution >= 4 is 28.6 Å². The lowest BCUT2D eigenvalue weighted by atomic mass is 10.1. The SMILES string of the molecule is COC(=O)c1cc(C)c(OCC(F)F)c(I)c1. The molecule has 1 aromatic carbocycles. The third kappa shape index (κ3) is 3.79. The van der Waals surface area contributed by atoms with Crippen molar-refractivity contribution in [2.24, 2.45) is 0 Å². The monoisotopic (exact) mass is 356 g/mol. The number of carbonyl (C=O) groups is 1. The van der Waals surface area contributed by atoms with Crippen LogP contribution in [0.15, 0.2) is 12.1 Å². The van der Waals surface area contributed by atoms with E-state index >= 15 is 0 Å². The van der Waals surface area contributed by atoms with Crippen LogP contribution in [-0.4, -0.2) is 26.1 Å². The van der Waals surface area contributed by atoms with Crippen molar-refractivity contribution in [2.75, 3.05) is 13.7 Å². The predicted molar refractivity (Wildman–Crippen MR) is 66.7 cm³/mol. The fourth-order valence-corrected chi connectivity index (χ4v) is 2.21. The molecule has 0 radical (unpaired) electrons. The van der Waals surface area contributed by atoms with E-state index in [4.69, 9.17) is 4.74 Å². The molecule has 3 nitrogen and oxygen atoms in total. The van der Waals surface area contributed by atoms with Gasteiger partial charge < -0.3 is 9.47 Å². The molecule has 0 saturated carbocycles. The van der Waals surface area contributed by atoms with E-state index in [0.29, 0.717) is 20.4 Å². The van der Waals surface area contributed by atoms with Crippen LogP contribution in [0.4, 0.5) is 8.78 Å². The smallest absolute Gasteiger partial charge is 0.337 e. The minimum absolute atomic E-state index is 0.374. The third-order valence-electron chi connectivity index (χ3n) is 2.00. The van der Waals surface area contributed by atoms with Crippen molar-refractivity contribution in [1.29, 1.82) is 0 Å². The Morgan fingerprint density at radius 1 is 1.47 bits per heavy atom. The van der Waals surface area contributed by atoms with Crippen molar-refractivity contribution in [3.05, 3.63) is 26.8 Å². The first kappa shape index (κ1) is 14.1. The average Bonchev–Trinajstić information content (AvgIpc) is 2.26. The van der Waals surface area contributed by atoms with Crippen LogP contribution in [0.3, 0.4) is 0 Å². The molecule has 0 atom stereocenters. The Bertz CT molecular complexity index is 398. The summed E-state index contributed by atoms with van der Waals surface area (Å²) in [7, 11) is 1.28. The fourth-order valence-electron chi connectivity index (χ4n) is 1.30. The lowest BCUT2D eigenvalue weighted by Crippen LogP contribution is -2.10. The lowest BCUT2D eigenvalue weighted by Gasteiger charge is -2.12. The van der Waals surface area contributed by atoms with E-state index in [0.717, 1.165) is 0 Å². The molecular formula is C11H11F2IO3. The zero-order valence-electron chi connectivity index (χ0n) is 9.30. The Morgan fingerprint density at radius 3 is 2.59 bits per heavy atom. The van der Waals surface area contributed by atoms with Gasteiger partial charge in [-0.1, -0.05) is 0 Å². The highest BCUT2D eigenvalue weighted by atomic mass is 127. The summed E-state index contributed by atoms with van der Waals surface area (Å²) in [4.78, 5) is 11.3. The average molecular weight is 356 g/mol. The van der Waals surface area contributed by atoms with Gasteiger partial charge in [0.25, 0.3) is 6.43 Å². The van der Waals surface area contributed by atoms with Gasteiger partial charge in [0.1, 0.15) is 12.4 Å². The predicted octanol–water partition coefficient (Wildman–Crippen LogP) is 3.03. The Labute approximate surface area is 111 Å². The molecule has 0 aliphatic heterocycles. The summed E-state index contributed by atoms with van der Waals surface area (Å²) in [6.07, 6.45) is -2.52. The van der Waals surface area contributed by atoms with Crippen molar-refractivity contribution in [1.82, 2.24) is 0 Å². The van der Waals surface area contributed by atoms with E-state index < -0.39 is 19.0 Å². The first-order valence-electron chi connectivity index (χ1n) is 4.75. The third-order valence-corrected chi connectivity index (χ3v) is 2.81. The molecular weight excluding hydrogens is 345 g/mol. The lowest BCUT2D eigenvalue weighted by molar-refractivity contribution is 0.0599. The van der Waals surface area contributed by atoms with E-state index in [9.17, 15) is 13.6 Å². The molecule has 0 heterocycles. The molecule has 0 aliphatic carbocycles. The highest BCUT2D eigenvalue weighted by molar-refractivity contribution is 14.1. The van der Waals surface area contributed by atoms with Gasteiger partial charge in [0.15, 0.2) is 0 Å². The number of aryl methyl sites for hydroxylation is 1. The molecule has 0 N–H and O–H groups in total. The van der Waals surface area contributed by atoms with Crippen LogP contribution < -0.4 is 4.74 Å². The largest absolute Gasteiger partial charge is 0.486 e. The minimum atomic E-state index is -2.52. The number of ether oxygens (including phenoxy) is 2. The van der Waals surface area contributed by atoms with Gasteiger partial charge in [0.05, 0.1) is 16.2 Å². The fraction of sp³-hybridized carbons (Fsp3) is 0.364. The Kier molecular flexibility index (Phi) is 5.10. The molecule has 1 aromatic rings. The summed E-state index contributed by atoms with van der Waals surface area (Å²) in [6, 6.07) is 3.09. The number of esters is 1. The molecule has 17 heavy (non-hydrogen) atoms. The van der Waals surface area contributed by atoms with Gasteiger partial charge in [-0.2, -0.15) is 0 Å². The second kappa shape index (κ2) is 6.13. The molecule has 0 aliphatic rings. The summed E-state index contributed by atoms with van der Waals surface area (Å²) in [5.74, 6) is -0.0926. The molecule has 0 bridgehead atoms. The van der Waals surface area contributed by atoms with Gasteiger partial charge in [-0.25, -0.2) is 13.6 Å². The van der Waals surface area contributed by atoms with Crippen LogP contribution in [0.5, 0.6) is 5.75 Å². The maximum absolute atomic E-state index is 12.0. The van der Waals surface area contributed by atoms with Crippen molar-refractivity contribution in [2.45, 2.75) is 13.3 Å². The number of halogens is 3. The topological polar surface area (TPSA) is 35.5 Å². The highest BCUT2D eigenvalue weighted by Crippen LogP contribution is 2.27. The van der Waals surface area contributed by atoms with Gasteiger partial charge in [-0.05, 0) is 47.2 Å². The quantitative estimate of drug-likeness (QED) is 0.615. The summed E-state index contributed by atoms with van der Waals surface area (Å²) >= 11 is 1.93. The van der Waals surface area contributed by atoms with Gasteiger partial charge in [0.2, 0.25) is 0 Å². The number of carbonyl (C=O) groups excluding carboxylic acids is 1. The Balaban J connectivity index is 2.98. The van der Waals surface area contributed by atoms with Gasteiger partial charge in [-0.15, -0.1) is 0 Å². The first-order valence-corrected chi connectivity index (χ1v) is 5.83. The van der Waals surface area contributed by atoms with Crippen molar-refractivity contribution in [3.63, 3.8) is 0 Å². The van der Waals surface area contributed by atoms with Crippen LogP contribution in [0.1, 0.15) is 15.9 Å². The molecule has 6 heteroatoms. The number of hydrogen-bond donors (Lipinski definition) is 0. The van der Waals surface area contributed by atoms with Gasteiger partial charge in [0, 0.05) is 0 Å². The molecule has 0 aromatic heterocycles. The molecule has 1 rings (SSSR count). The van der Waals surface area contributed by atoms with Crippen LogP contribution in [0.25, 0.3) is 0 Å². The summed E-state index contributed by atoms with van der Waals surface area (Å²) in [6.45, 7) is 1.03. The number of hydrogen-bond acceptors (Lipinski definition) is 3. The molecule has 0 fully saturated rings. The van der Waals surface area contributed by atoms with Crippen LogP contribution in [-0.2, 0) is 4.74 Å².